The molecule has 86 valence electrons. The molecule has 0 aliphatic rings. The van der Waals surface area contributed by atoms with Gasteiger partial charge >= 0.3 is 12.1 Å². The van der Waals surface area contributed by atoms with Gasteiger partial charge < -0.3 is 15.6 Å². The van der Waals surface area contributed by atoms with Gasteiger partial charge in [-0.15, -0.1) is 0 Å². The molecule has 0 aromatic heterocycles. The highest BCUT2D eigenvalue weighted by Gasteiger charge is 2.16. The standard InChI is InChI=1S/C9H16N2O4/c1-2-6-15-9(14)11(5-3-4-10)7-8(12)13/h2H,1,3-7,10H2,(H,12,13). The van der Waals surface area contributed by atoms with Gasteiger partial charge in [-0.05, 0) is 13.0 Å². The molecule has 3 N–H and O–H groups in total. The van der Waals surface area contributed by atoms with E-state index >= 15 is 0 Å². The zero-order valence-corrected chi connectivity index (χ0v) is 8.52. The number of rotatable bonds is 7. The Kier molecular flexibility index (Phi) is 7.00. The Morgan fingerprint density at radius 3 is 2.67 bits per heavy atom. The van der Waals surface area contributed by atoms with Crippen molar-refractivity contribution < 1.29 is 19.4 Å². The second-order valence-corrected chi connectivity index (χ2v) is 2.82. The highest BCUT2D eigenvalue weighted by molar-refractivity contribution is 5.76. The van der Waals surface area contributed by atoms with Gasteiger partial charge in [-0.1, -0.05) is 12.7 Å². The van der Waals surface area contributed by atoms with Crippen LogP contribution in [0.3, 0.4) is 0 Å². The molecular weight excluding hydrogens is 200 g/mol. The summed E-state index contributed by atoms with van der Waals surface area (Å²) in [6.07, 6.45) is 1.29. The first kappa shape index (κ1) is 13.4. The molecule has 0 bridgehead atoms. The first-order chi connectivity index (χ1) is 7.11. The first-order valence-electron chi connectivity index (χ1n) is 4.56. The van der Waals surface area contributed by atoms with Crippen LogP contribution in [0.5, 0.6) is 0 Å². The monoisotopic (exact) mass is 216 g/mol. The molecule has 15 heavy (non-hydrogen) atoms. The van der Waals surface area contributed by atoms with E-state index in [1.54, 1.807) is 0 Å². The molecule has 0 aromatic rings. The van der Waals surface area contributed by atoms with Crippen LogP contribution >= 0.6 is 0 Å². The number of carboxylic acids is 1. The normalized spacial score (nSPS) is 9.40. The number of carbonyl (C=O) groups excluding carboxylic acids is 1. The van der Waals surface area contributed by atoms with E-state index in [9.17, 15) is 9.59 Å². The van der Waals surface area contributed by atoms with Crippen molar-refractivity contribution in [3.05, 3.63) is 12.7 Å². The van der Waals surface area contributed by atoms with Crippen molar-refractivity contribution in [2.24, 2.45) is 5.73 Å². The van der Waals surface area contributed by atoms with Crippen LogP contribution < -0.4 is 5.73 Å². The number of nitrogens with two attached hydrogens (primary N) is 1. The summed E-state index contributed by atoms with van der Waals surface area (Å²) < 4.78 is 4.72. The smallest absolute Gasteiger partial charge is 0.410 e. The number of nitrogens with zero attached hydrogens (tertiary/aromatic N) is 1. The number of hydrogen-bond donors (Lipinski definition) is 2. The van der Waals surface area contributed by atoms with E-state index in [1.807, 2.05) is 0 Å². The fourth-order valence-corrected chi connectivity index (χ4v) is 0.902. The van der Waals surface area contributed by atoms with Crippen molar-refractivity contribution >= 4 is 12.1 Å². The Bertz CT molecular complexity index is 230. The lowest BCUT2D eigenvalue weighted by Crippen LogP contribution is -2.37. The first-order valence-corrected chi connectivity index (χ1v) is 4.56. The molecule has 6 heteroatoms. The van der Waals surface area contributed by atoms with Gasteiger partial charge in [0.1, 0.15) is 13.2 Å². The topological polar surface area (TPSA) is 92.9 Å². The quantitative estimate of drug-likeness (QED) is 0.586. The zero-order chi connectivity index (χ0) is 11.7. The molecule has 0 aliphatic heterocycles. The number of ether oxygens (including phenoxy) is 1. The molecule has 0 unspecified atom stereocenters. The summed E-state index contributed by atoms with van der Waals surface area (Å²) in [5.74, 6) is -1.08. The molecule has 0 saturated carbocycles. The van der Waals surface area contributed by atoms with Crippen LogP contribution in [-0.2, 0) is 9.53 Å². The molecule has 0 aromatic carbocycles. The molecule has 0 atom stereocenters. The summed E-state index contributed by atoms with van der Waals surface area (Å²) in [5, 5.41) is 8.56. The maximum atomic E-state index is 11.3. The largest absolute Gasteiger partial charge is 0.480 e. The summed E-state index contributed by atoms with van der Waals surface area (Å²) in [6.45, 7) is 3.74. The fraction of sp³-hybridized carbons (Fsp3) is 0.556. The molecule has 1 amide bonds. The molecule has 6 nitrogen and oxygen atoms in total. The number of carboxylic acid groups (broad SMARTS) is 1. The van der Waals surface area contributed by atoms with Crippen molar-refractivity contribution in [2.45, 2.75) is 6.42 Å². The number of hydrogen-bond acceptors (Lipinski definition) is 4. The Morgan fingerprint density at radius 2 is 2.20 bits per heavy atom. The average molecular weight is 216 g/mol. The van der Waals surface area contributed by atoms with Gasteiger partial charge in [-0.25, -0.2) is 4.79 Å². The second kappa shape index (κ2) is 7.81. The lowest BCUT2D eigenvalue weighted by atomic mass is 10.4. The van der Waals surface area contributed by atoms with Crippen LogP contribution in [0.1, 0.15) is 6.42 Å². The summed E-state index contributed by atoms with van der Waals surface area (Å²) in [5.41, 5.74) is 5.27. The van der Waals surface area contributed by atoms with Crippen molar-refractivity contribution in [3.8, 4) is 0 Å². The van der Waals surface area contributed by atoms with E-state index in [1.165, 1.54) is 6.08 Å². The van der Waals surface area contributed by atoms with E-state index in [4.69, 9.17) is 15.6 Å². The van der Waals surface area contributed by atoms with E-state index in [0.717, 1.165) is 4.90 Å². The van der Waals surface area contributed by atoms with Crippen molar-refractivity contribution in [2.75, 3.05) is 26.2 Å². The van der Waals surface area contributed by atoms with Crippen molar-refractivity contribution in [1.29, 1.82) is 0 Å². The Balaban J connectivity index is 4.13. The summed E-state index contributed by atoms with van der Waals surface area (Å²) in [6, 6.07) is 0. The molecule has 0 spiro atoms. The molecule has 0 saturated heterocycles. The Morgan fingerprint density at radius 1 is 1.53 bits per heavy atom. The Hall–Kier alpha value is -1.56. The summed E-state index contributed by atoms with van der Waals surface area (Å²) in [4.78, 5) is 22.8. The van der Waals surface area contributed by atoms with Gasteiger partial charge in [0.05, 0.1) is 0 Å². The third kappa shape index (κ3) is 6.50. The van der Waals surface area contributed by atoms with Crippen LogP contribution in [-0.4, -0.2) is 48.3 Å². The third-order valence-electron chi connectivity index (χ3n) is 1.54. The van der Waals surface area contributed by atoms with Crippen molar-refractivity contribution in [1.82, 2.24) is 4.90 Å². The molecular formula is C9H16N2O4. The van der Waals surface area contributed by atoms with Crippen LogP contribution in [0.15, 0.2) is 12.7 Å². The lowest BCUT2D eigenvalue weighted by Gasteiger charge is -2.19. The van der Waals surface area contributed by atoms with Crippen molar-refractivity contribution in [3.63, 3.8) is 0 Å². The maximum absolute atomic E-state index is 11.3. The summed E-state index contributed by atoms with van der Waals surface area (Å²) >= 11 is 0. The van der Waals surface area contributed by atoms with E-state index in [2.05, 4.69) is 6.58 Å². The molecule has 0 rings (SSSR count). The highest BCUT2D eigenvalue weighted by atomic mass is 16.6. The van der Waals surface area contributed by atoms with Crippen LogP contribution in [0.25, 0.3) is 0 Å². The van der Waals surface area contributed by atoms with E-state index in [0.29, 0.717) is 13.0 Å². The average Bonchev–Trinajstić information content (AvgIpc) is 2.20. The minimum atomic E-state index is -1.08. The SMILES string of the molecule is C=CCOC(=O)N(CCCN)CC(=O)O. The van der Waals surface area contributed by atoms with Gasteiger partial charge in [-0.3, -0.25) is 9.69 Å². The maximum Gasteiger partial charge on any atom is 0.410 e. The van der Waals surface area contributed by atoms with Crippen LogP contribution in [0, 0.1) is 0 Å². The van der Waals surface area contributed by atoms with Gasteiger partial charge in [0.2, 0.25) is 0 Å². The molecule has 0 aliphatic carbocycles. The molecule has 0 radical (unpaired) electrons. The highest BCUT2D eigenvalue weighted by Crippen LogP contribution is 1.96. The predicted molar refractivity (Wildman–Crippen MR) is 54.4 cm³/mol. The predicted octanol–water partition coefficient (Wildman–Crippen LogP) is 0.0444. The van der Waals surface area contributed by atoms with E-state index < -0.39 is 12.1 Å². The Labute approximate surface area is 88.3 Å². The van der Waals surface area contributed by atoms with Gasteiger partial charge in [0.15, 0.2) is 0 Å². The minimum Gasteiger partial charge on any atom is -0.480 e. The second-order valence-electron chi connectivity index (χ2n) is 2.82. The number of carbonyl (C=O) groups is 2. The zero-order valence-electron chi connectivity index (χ0n) is 8.52. The minimum absolute atomic E-state index is 0.0670. The van der Waals surface area contributed by atoms with Gasteiger partial charge in [-0.2, -0.15) is 0 Å². The van der Waals surface area contributed by atoms with Crippen LogP contribution in [0.4, 0.5) is 4.79 Å². The van der Waals surface area contributed by atoms with Gasteiger partial charge in [0, 0.05) is 6.54 Å². The molecule has 0 fully saturated rings. The molecule has 0 heterocycles. The third-order valence-corrected chi connectivity index (χ3v) is 1.54. The van der Waals surface area contributed by atoms with Gasteiger partial charge in [0.25, 0.3) is 0 Å². The van der Waals surface area contributed by atoms with E-state index in [-0.39, 0.29) is 19.7 Å². The summed E-state index contributed by atoms with van der Waals surface area (Å²) in [7, 11) is 0. The number of aliphatic carboxylic acids is 1. The number of amides is 1. The fourth-order valence-electron chi connectivity index (χ4n) is 0.902. The lowest BCUT2D eigenvalue weighted by molar-refractivity contribution is -0.138. The van der Waals surface area contributed by atoms with Crippen LogP contribution in [0.2, 0.25) is 0 Å².